The average molecular weight is 450 g/mol. The lowest BCUT2D eigenvalue weighted by atomic mass is 9.94. The lowest BCUT2D eigenvalue weighted by molar-refractivity contribution is 0.0668. The highest BCUT2D eigenvalue weighted by Crippen LogP contribution is 2.30. The number of carbonyl (C=O) groups excluding carboxylic acids is 1. The molecule has 3 heterocycles. The van der Waals surface area contributed by atoms with E-state index in [1.807, 2.05) is 29.2 Å². The normalized spacial score (nSPS) is 20.0. The minimum absolute atomic E-state index is 0.0534. The van der Waals surface area contributed by atoms with Gasteiger partial charge in [-0.3, -0.25) is 4.79 Å². The van der Waals surface area contributed by atoms with Crippen LogP contribution < -0.4 is 0 Å². The summed E-state index contributed by atoms with van der Waals surface area (Å²) in [4.78, 5) is 19.8. The molecule has 0 bridgehead atoms. The van der Waals surface area contributed by atoms with Crippen molar-refractivity contribution in [3.8, 4) is 11.5 Å². The van der Waals surface area contributed by atoms with Crippen LogP contribution in [-0.4, -0.2) is 44.2 Å². The Labute approximate surface area is 193 Å². The van der Waals surface area contributed by atoms with Gasteiger partial charge in [0.15, 0.2) is 5.82 Å². The number of amides is 1. The summed E-state index contributed by atoms with van der Waals surface area (Å²) < 4.78 is 11.1. The maximum absolute atomic E-state index is 13.1. The zero-order chi connectivity index (χ0) is 22.6. The second-order valence-electron chi connectivity index (χ2n) is 9.40. The van der Waals surface area contributed by atoms with Gasteiger partial charge in [0.05, 0.1) is 0 Å². The van der Waals surface area contributed by atoms with Crippen LogP contribution in [-0.2, 0) is 6.42 Å². The van der Waals surface area contributed by atoms with Gasteiger partial charge in [-0.05, 0) is 55.9 Å². The number of likely N-dealkylation sites (tertiary alicyclic amines) is 1. The summed E-state index contributed by atoms with van der Waals surface area (Å²) in [5.74, 6) is 3.41. The standard InChI is InChI=1S/C25H31N5O3/c1-17-27-28-24(32-17)20-10-12-21(13-11-20)25(31)30-14-6-7-18(16-30)15-22-26-23(29-33-22)19-8-4-2-3-5-9-19/h10-13,18-19H,2-9,14-16H2,1H3/t18-/m1/s1. The molecule has 2 aromatic heterocycles. The van der Waals surface area contributed by atoms with Gasteiger partial charge in [0.2, 0.25) is 17.7 Å². The predicted octanol–water partition coefficient (Wildman–Crippen LogP) is 4.96. The molecule has 33 heavy (non-hydrogen) atoms. The van der Waals surface area contributed by atoms with E-state index in [2.05, 4.69) is 15.4 Å². The van der Waals surface area contributed by atoms with Crippen LogP contribution in [0.3, 0.4) is 0 Å². The molecule has 2 fully saturated rings. The van der Waals surface area contributed by atoms with Gasteiger partial charge in [0, 0.05) is 43.5 Å². The van der Waals surface area contributed by atoms with E-state index >= 15 is 0 Å². The third kappa shape index (κ3) is 5.15. The summed E-state index contributed by atoms with van der Waals surface area (Å²) in [6.45, 7) is 3.25. The quantitative estimate of drug-likeness (QED) is 0.508. The maximum Gasteiger partial charge on any atom is 0.253 e. The fourth-order valence-electron chi connectivity index (χ4n) is 5.07. The molecule has 0 radical (unpaired) electrons. The molecule has 3 aromatic rings. The van der Waals surface area contributed by atoms with Gasteiger partial charge in [0.25, 0.3) is 5.91 Å². The van der Waals surface area contributed by atoms with Crippen molar-refractivity contribution in [3.05, 3.63) is 47.4 Å². The predicted molar refractivity (Wildman–Crippen MR) is 122 cm³/mol. The van der Waals surface area contributed by atoms with Crippen LogP contribution >= 0.6 is 0 Å². The Hall–Kier alpha value is -3.03. The number of aromatic nitrogens is 4. The minimum Gasteiger partial charge on any atom is -0.421 e. The van der Waals surface area contributed by atoms with E-state index in [1.165, 1.54) is 25.7 Å². The van der Waals surface area contributed by atoms with Crippen molar-refractivity contribution in [1.29, 1.82) is 0 Å². The summed E-state index contributed by atoms with van der Waals surface area (Å²) >= 11 is 0. The zero-order valence-corrected chi connectivity index (χ0v) is 19.2. The van der Waals surface area contributed by atoms with Gasteiger partial charge < -0.3 is 13.8 Å². The highest BCUT2D eigenvalue weighted by molar-refractivity contribution is 5.94. The molecule has 1 aromatic carbocycles. The van der Waals surface area contributed by atoms with Crippen LogP contribution in [0.2, 0.25) is 0 Å². The van der Waals surface area contributed by atoms with Crippen molar-refractivity contribution in [1.82, 2.24) is 25.2 Å². The average Bonchev–Trinajstić information content (AvgIpc) is 3.40. The maximum atomic E-state index is 13.1. The highest BCUT2D eigenvalue weighted by atomic mass is 16.5. The fraction of sp³-hybridized carbons (Fsp3) is 0.560. The third-order valence-electron chi connectivity index (χ3n) is 6.88. The highest BCUT2D eigenvalue weighted by Gasteiger charge is 2.27. The molecule has 1 amide bonds. The molecule has 2 aliphatic rings. The number of benzene rings is 1. The van der Waals surface area contributed by atoms with E-state index in [0.29, 0.717) is 41.6 Å². The number of nitrogens with zero attached hydrogens (tertiary/aromatic N) is 5. The number of rotatable bonds is 5. The molecule has 0 spiro atoms. The largest absolute Gasteiger partial charge is 0.421 e. The van der Waals surface area contributed by atoms with E-state index in [4.69, 9.17) is 13.9 Å². The number of aryl methyl sites for hydroxylation is 1. The monoisotopic (exact) mass is 449 g/mol. The smallest absolute Gasteiger partial charge is 0.253 e. The topological polar surface area (TPSA) is 98.2 Å². The Morgan fingerprint density at radius 1 is 1.03 bits per heavy atom. The van der Waals surface area contributed by atoms with E-state index in [0.717, 1.165) is 50.0 Å². The van der Waals surface area contributed by atoms with E-state index in [9.17, 15) is 4.79 Å². The first-order chi connectivity index (χ1) is 16.2. The second-order valence-corrected chi connectivity index (χ2v) is 9.40. The number of hydrogen-bond donors (Lipinski definition) is 0. The molecule has 1 saturated heterocycles. The molecule has 1 saturated carbocycles. The van der Waals surface area contributed by atoms with Crippen molar-refractivity contribution in [2.24, 2.45) is 5.92 Å². The van der Waals surface area contributed by atoms with Gasteiger partial charge in [0.1, 0.15) is 0 Å². The number of hydrogen-bond acceptors (Lipinski definition) is 7. The van der Waals surface area contributed by atoms with Crippen molar-refractivity contribution in [2.45, 2.75) is 70.6 Å². The minimum atomic E-state index is 0.0534. The Morgan fingerprint density at radius 2 is 1.82 bits per heavy atom. The molecule has 0 N–H and O–H groups in total. The summed E-state index contributed by atoms with van der Waals surface area (Å²) in [5.41, 5.74) is 1.48. The van der Waals surface area contributed by atoms with Gasteiger partial charge in [-0.2, -0.15) is 4.98 Å². The van der Waals surface area contributed by atoms with Crippen molar-refractivity contribution in [2.75, 3.05) is 13.1 Å². The third-order valence-corrected chi connectivity index (χ3v) is 6.88. The number of carbonyl (C=O) groups is 1. The molecule has 174 valence electrons. The van der Waals surface area contributed by atoms with Crippen LogP contribution in [0.5, 0.6) is 0 Å². The van der Waals surface area contributed by atoms with Gasteiger partial charge in [-0.15, -0.1) is 10.2 Å². The number of piperidine rings is 1. The lowest BCUT2D eigenvalue weighted by Crippen LogP contribution is -2.40. The SMILES string of the molecule is Cc1nnc(-c2ccc(C(=O)N3CCC[C@H](Cc4nc(C5CCCCCC5)no4)C3)cc2)o1. The molecule has 0 unspecified atom stereocenters. The van der Waals surface area contributed by atoms with Gasteiger partial charge in [-0.1, -0.05) is 30.8 Å². The zero-order valence-electron chi connectivity index (χ0n) is 19.2. The Bertz CT molecular complexity index is 1070. The first-order valence-corrected chi connectivity index (χ1v) is 12.2. The lowest BCUT2D eigenvalue weighted by Gasteiger charge is -2.32. The van der Waals surface area contributed by atoms with Crippen LogP contribution in [0, 0.1) is 12.8 Å². The second kappa shape index (κ2) is 9.85. The summed E-state index contributed by atoms with van der Waals surface area (Å²) in [7, 11) is 0. The Morgan fingerprint density at radius 3 is 2.55 bits per heavy atom. The van der Waals surface area contributed by atoms with Crippen molar-refractivity contribution < 1.29 is 13.7 Å². The summed E-state index contributed by atoms with van der Waals surface area (Å²) in [6, 6.07) is 7.37. The van der Waals surface area contributed by atoms with Crippen LogP contribution in [0.15, 0.2) is 33.2 Å². The van der Waals surface area contributed by atoms with Gasteiger partial charge >= 0.3 is 0 Å². The molecule has 1 aliphatic carbocycles. The molecule has 8 heteroatoms. The van der Waals surface area contributed by atoms with Crippen molar-refractivity contribution >= 4 is 5.91 Å². The van der Waals surface area contributed by atoms with E-state index < -0.39 is 0 Å². The first-order valence-electron chi connectivity index (χ1n) is 12.2. The summed E-state index contributed by atoms with van der Waals surface area (Å²) in [5, 5.41) is 12.2. The Balaban J connectivity index is 1.19. The fourth-order valence-corrected chi connectivity index (χ4v) is 5.07. The van der Waals surface area contributed by atoms with Crippen LogP contribution in [0.4, 0.5) is 0 Å². The van der Waals surface area contributed by atoms with Crippen molar-refractivity contribution in [3.63, 3.8) is 0 Å². The Kier molecular flexibility index (Phi) is 6.51. The van der Waals surface area contributed by atoms with E-state index in [1.54, 1.807) is 6.92 Å². The molecule has 5 rings (SSSR count). The molecule has 8 nitrogen and oxygen atoms in total. The molecule has 1 atom stereocenters. The molecular formula is C25H31N5O3. The van der Waals surface area contributed by atoms with Crippen LogP contribution in [0.25, 0.3) is 11.5 Å². The van der Waals surface area contributed by atoms with Gasteiger partial charge in [-0.25, -0.2) is 0 Å². The van der Waals surface area contributed by atoms with Crippen LogP contribution in [0.1, 0.15) is 85.2 Å². The first kappa shape index (κ1) is 21.8. The van der Waals surface area contributed by atoms with E-state index in [-0.39, 0.29) is 5.91 Å². The summed E-state index contributed by atoms with van der Waals surface area (Å²) in [6.07, 6.45) is 10.2. The molecule has 1 aliphatic heterocycles. The molecular weight excluding hydrogens is 418 g/mol.